The minimum Gasteiger partial charge on any atom is -0.481 e. The van der Waals surface area contributed by atoms with Crippen LogP contribution >= 0.6 is 0 Å². The second kappa shape index (κ2) is 11.0. The van der Waals surface area contributed by atoms with Gasteiger partial charge in [-0.15, -0.1) is 0 Å². The summed E-state index contributed by atoms with van der Waals surface area (Å²) in [5, 5.41) is 9.96. The van der Waals surface area contributed by atoms with E-state index in [9.17, 15) is 14.7 Å². The zero-order valence-electron chi connectivity index (χ0n) is 17.7. The van der Waals surface area contributed by atoms with Crippen molar-refractivity contribution in [1.82, 2.24) is 0 Å². The molecule has 160 valence electrons. The molecule has 0 aliphatic heterocycles. The first-order chi connectivity index (χ1) is 14.6. The largest absolute Gasteiger partial charge is 0.481 e. The zero-order chi connectivity index (χ0) is 21.3. The lowest BCUT2D eigenvalue weighted by molar-refractivity contribution is -0.164. The molecule has 2 aromatic carbocycles. The molecule has 2 atom stereocenters. The maximum Gasteiger partial charge on any atom is 0.310 e. The number of hydrogen-bond donors (Lipinski definition) is 1. The molecule has 0 saturated heterocycles. The van der Waals surface area contributed by atoms with E-state index in [1.165, 1.54) is 19.3 Å². The Morgan fingerprint density at radius 3 is 1.77 bits per heavy atom. The minimum atomic E-state index is -0.863. The number of ether oxygens (including phenoxy) is 1. The second-order valence-corrected chi connectivity index (χ2v) is 8.20. The Bertz CT molecular complexity index is 755. The van der Waals surface area contributed by atoms with Crippen LogP contribution in [-0.4, -0.2) is 23.7 Å². The molecule has 4 nitrogen and oxygen atoms in total. The molecule has 4 heteroatoms. The van der Waals surface area contributed by atoms with E-state index in [0.29, 0.717) is 6.61 Å². The van der Waals surface area contributed by atoms with Crippen LogP contribution in [0.2, 0.25) is 0 Å². The van der Waals surface area contributed by atoms with Gasteiger partial charge in [0, 0.05) is 11.8 Å². The smallest absolute Gasteiger partial charge is 0.310 e. The number of benzene rings is 2. The molecule has 1 fully saturated rings. The van der Waals surface area contributed by atoms with Crippen LogP contribution in [0.3, 0.4) is 0 Å². The van der Waals surface area contributed by atoms with Crippen molar-refractivity contribution in [2.75, 3.05) is 6.61 Å². The van der Waals surface area contributed by atoms with Crippen LogP contribution in [0.25, 0.3) is 0 Å². The first-order valence-electron chi connectivity index (χ1n) is 11.1. The fourth-order valence-electron chi connectivity index (χ4n) is 4.68. The van der Waals surface area contributed by atoms with Crippen molar-refractivity contribution in [3.05, 3.63) is 71.8 Å². The van der Waals surface area contributed by atoms with E-state index >= 15 is 0 Å². The molecule has 2 unspecified atom stereocenters. The molecular formula is C26H32O4. The first-order valence-corrected chi connectivity index (χ1v) is 11.1. The molecule has 3 rings (SSSR count). The maximum absolute atomic E-state index is 13.1. The van der Waals surface area contributed by atoms with Crippen molar-refractivity contribution in [3.8, 4) is 0 Å². The highest BCUT2D eigenvalue weighted by atomic mass is 16.5. The number of esters is 1. The normalized spacial score (nSPS) is 22.8. The minimum absolute atomic E-state index is 0.274. The lowest BCUT2D eigenvalue weighted by Gasteiger charge is -2.49. The molecule has 0 spiro atoms. The number of hydrogen-bond acceptors (Lipinski definition) is 3. The van der Waals surface area contributed by atoms with Crippen LogP contribution in [0.5, 0.6) is 0 Å². The molecule has 0 radical (unpaired) electrons. The van der Waals surface area contributed by atoms with Crippen LogP contribution in [0.4, 0.5) is 0 Å². The summed E-state index contributed by atoms with van der Waals surface area (Å²) in [5.74, 6) is -2.99. The lowest BCUT2D eigenvalue weighted by Crippen LogP contribution is -2.51. The average Bonchev–Trinajstić information content (AvgIpc) is 2.74. The van der Waals surface area contributed by atoms with Gasteiger partial charge in [-0.1, -0.05) is 99.7 Å². The number of carbonyl (C=O) groups is 2. The summed E-state index contributed by atoms with van der Waals surface area (Å²) < 4.78 is 5.65. The van der Waals surface area contributed by atoms with Crippen molar-refractivity contribution >= 4 is 11.9 Å². The van der Waals surface area contributed by atoms with E-state index in [2.05, 4.69) is 6.92 Å². The lowest BCUT2D eigenvalue weighted by atomic mass is 9.52. The third-order valence-corrected chi connectivity index (χ3v) is 6.22. The maximum atomic E-state index is 13.1. The van der Waals surface area contributed by atoms with E-state index in [1.807, 2.05) is 60.7 Å². The molecule has 0 amide bonds. The number of carboxylic acids is 1. The van der Waals surface area contributed by atoms with Crippen molar-refractivity contribution in [2.24, 2.45) is 11.8 Å². The Kier molecular flexibility index (Phi) is 8.06. The van der Waals surface area contributed by atoms with Gasteiger partial charge in [0.05, 0.1) is 18.4 Å². The third-order valence-electron chi connectivity index (χ3n) is 6.22. The van der Waals surface area contributed by atoms with Gasteiger partial charge < -0.3 is 9.84 Å². The van der Waals surface area contributed by atoms with Gasteiger partial charge >= 0.3 is 11.9 Å². The summed E-state index contributed by atoms with van der Waals surface area (Å²) in [6.07, 6.45) is 6.75. The zero-order valence-corrected chi connectivity index (χ0v) is 17.7. The highest BCUT2D eigenvalue weighted by Crippen LogP contribution is 2.58. The average molecular weight is 409 g/mol. The Hall–Kier alpha value is -2.62. The van der Waals surface area contributed by atoms with E-state index < -0.39 is 17.8 Å². The molecule has 30 heavy (non-hydrogen) atoms. The van der Waals surface area contributed by atoms with E-state index in [0.717, 1.165) is 30.4 Å². The molecule has 0 heterocycles. The molecular weight excluding hydrogens is 376 g/mol. The first kappa shape index (κ1) is 22.1. The number of aliphatic carboxylic acids is 1. The van der Waals surface area contributed by atoms with Crippen LogP contribution in [-0.2, 0) is 14.3 Å². The Morgan fingerprint density at radius 1 is 0.767 bits per heavy atom. The Morgan fingerprint density at radius 2 is 1.27 bits per heavy atom. The molecule has 1 saturated carbocycles. The number of carboxylic acid groups (broad SMARTS) is 1. The van der Waals surface area contributed by atoms with Gasteiger partial charge in [-0.25, -0.2) is 0 Å². The third kappa shape index (κ3) is 5.10. The van der Waals surface area contributed by atoms with Gasteiger partial charge in [-0.2, -0.15) is 0 Å². The second-order valence-electron chi connectivity index (χ2n) is 8.20. The summed E-state index contributed by atoms with van der Waals surface area (Å²) in [6.45, 7) is 2.60. The standard InChI is InChI=1S/C26H32O4/c1-2-3-4-5-6-13-18-30-26(29)24-21(19-14-9-7-10-15-19)23(25(27)28)22(24)20-16-11-8-12-17-20/h7-12,14-17,21-24H,2-6,13,18H2,1H3,(H,27,28). The van der Waals surface area contributed by atoms with Gasteiger partial charge in [0.1, 0.15) is 0 Å². The molecule has 1 N–H and O–H groups in total. The van der Waals surface area contributed by atoms with Gasteiger partial charge in [-0.05, 0) is 17.5 Å². The van der Waals surface area contributed by atoms with Gasteiger partial charge in [0.2, 0.25) is 0 Å². The summed E-state index contributed by atoms with van der Waals surface area (Å²) in [7, 11) is 0. The summed E-state index contributed by atoms with van der Waals surface area (Å²) in [5.41, 5.74) is 1.78. The molecule has 0 aromatic heterocycles. The predicted molar refractivity (Wildman–Crippen MR) is 117 cm³/mol. The Balaban J connectivity index is 1.73. The van der Waals surface area contributed by atoms with E-state index in [-0.39, 0.29) is 17.8 Å². The Labute approximate surface area is 179 Å². The van der Waals surface area contributed by atoms with Gasteiger partial charge in [0.25, 0.3) is 0 Å². The van der Waals surface area contributed by atoms with Crippen molar-refractivity contribution < 1.29 is 19.4 Å². The topological polar surface area (TPSA) is 63.6 Å². The molecule has 2 aromatic rings. The monoisotopic (exact) mass is 408 g/mol. The molecule has 1 aliphatic carbocycles. The fraction of sp³-hybridized carbons (Fsp3) is 0.462. The van der Waals surface area contributed by atoms with Crippen molar-refractivity contribution in [2.45, 2.75) is 57.3 Å². The van der Waals surface area contributed by atoms with Crippen molar-refractivity contribution in [1.29, 1.82) is 0 Å². The SMILES string of the molecule is CCCCCCCCOC(=O)C1C(c2ccccc2)C(C(=O)O)C1c1ccccc1. The van der Waals surface area contributed by atoms with Gasteiger partial charge in [0.15, 0.2) is 0 Å². The summed E-state index contributed by atoms with van der Waals surface area (Å²) in [4.78, 5) is 25.2. The van der Waals surface area contributed by atoms with Crippen molar-refractivity contribution in [3.63, 3.8) is 0 Å². The van der Waals surface area contributed by atoms with Crippen LogP contribution < -0.4 is 0 Å². The van der Waals surface area contributed by atoms with Crippen LogP contribution in [0.15, 0.2) is 60.7 Å². The summed E-state index contributed by atoms with van der Waals surface area (Å²) in [6, 6.07) is 19.0. The number of unbranched alkanes of at least 4 members (excludes halogenated alkanes) is 5. The highest BCUT2D eigenvalue weighted by molar-refractivity contribution is 5.84. The highest BCUT2D eigenvalue weighted by Gasteiger charge is 2.59. The quantitative estimate of drug-likeness (QED) is 0.378. The van der Waals surface area contributed by atoms with E-state index in [1.54, 1.807) is 0 Å². The van der Waals surface area contributed by atoms with Crippen LogP contribution in [0, 0.1) is 11.8 Å². The molecule has 0 bridgehead atoms. The number of rotatable bonds is 11. The summed E-state index contributed by atoms with van der Waals surface area (Å²) >= 11 is 0. The van der Waals surface area contributed by atoms with Gasteiger partial charge in [-0.3, -0.25) is 9.59 Å². The van der Waals surface area contributed by atoms with Crippen LogP contribution in [0.1, 0.15) is 68.4 Å². The number of carbonyl (C=O) groups excluding carboxylic acids is 1. The van der Waals surface area contributed by atoms with E-state index in [4.69, 9.17) is 4.74 Å². The fourth-order valence-corrected chi connectivity index (χ4v) is 4.68. The predicted octanol–water partition coefficient (Wildman–Crippen LogP) is 5.79. The molecule has 1 aliphatic rings.